The van der Waals surface area contributed by atoms with Crippen molar-refractivity contribution in [3.8, 4) is 0 Å². The molecule has 13 heavy (non-hydrogen) atoms. The van der Waals surface area contributed by atoms with Crippen molar-refractivity contribution in [2.45, 2.75) is 58.8 Å². The summed E-state index contributed by atoms with van der Waals surface area (Å²) in [5.74, 6) is 0.538. The average Bonchev–Trinajstić information content (AvgIpc) is 1.96. The topological polar surface area (TPSA) is 29.1 Å². The molecule has 0 radical (unpaired) electrons. The van der Waals surface area contributed by atoms with Gasteiger partial charge < -0.3 is 0 Å². The second-order valence-electron chi connectivity index (χ2n) is 4.76. The zero-order valence-electron chi connectivity index (χ0n) is 9.68. The van der Waals surface area contributed by atoms with Crippen molar-refractivity contribution in [2.24, 2.45) is 5.92 Å². The third-order valence-electron chi connectivity index (χ3n) is 2.06. The normalized spacial score (nSPS) is 17.5. The van der Waals surface area contributed by atoms with E-state index in [9.17, 15) is 4.21 Å². The minimum absolute atomic E-state index is 0.164. The summed E-state index contributed by atoms with van der Waals surface area (Å²) in [6.45, 7) is 12.4. The maximum absolute atomic E-state index is 11.7. The van der Waals surface area contributed by atoms with E-state index >= 15 is 0 Å². The maximum Gasteiger partial charge on any atom is 0.0972 e. The van der Waals surface area contributed by atoms with E-state index in [0.717, 1.165) is 6.42 Å². The van der Waals surface area contributed by atoms with E-state index in [2.05, 4.69) is 25.5 Å². The molecule has 0 spiro atoms. The van der Waals surface area contributed by atoms with Crippen molar-refractivity contribution in [3.63, 3.8) is 0 Å². The van der Waals surface area contributed by atoms with Crippen LogP contribution in [-0.2, 0) is 11.0 Å². The van der Waals surface area contributed by atoms with E-state index in [0.29, 0.717) is 12.0 Å². The average molecular weight is 205 g/mol. The molecule has 0 rings (SSSR count). The predicted molar refractivity (Wildman–Crippen MR) is 59.9 cm³/mol. The molecule has 0 aromatic carbocycles. The van der Waals surface area contributed by atoms with Crippen LogP contribution >= 0.6 is 0 Å². The van der Waals surface area contributed by atoms with Crippen molar-refractivity contribution in [2.75, 3.05) is 0 Å². The summed E-state index contributed by atoms with van der Waals surface area (Å²) < 4.78 is 14.8. The highest BCUT2D eigenvalue weighted by atomic mass is 32.2. The Bertz CT molecular complexity index is 172. The minimum Gasteiger partial charge on any atom is -0.242 e. The molecule has 0 aliphatic carbocycles. The Hall–Kier alpha value is 0.110. The smallest absolute Gasteiger partial charge is 0.0972 e. The molecule has 2 atom stereocenters. The van der Waals surface area contributed by atoms with Crippen LogP contribution in [0.2, 0.25) is 0 Å². The number of hydrogen-bond acceptors (Lipinski definition) is 1. The van der Waals surface area contributed by atoms with Gasteiger partial charge in [0.05, 0.1) is 15.7 Å². The highest BCUT2D eigenvalue weighted by Crippen LogP contribution is 2.13. The van der Waals surface area contributed by atoms with Gasteiger partial charge in [0.1, 0.15) is 0 Å². The Balaban J connectivity index is 4.18. The standard InChI is InChI=1S/C10H23NOS/c1-7-9(8(2)3)11-13(12)10(4,5)6/h8-9,11H,7H2,1-6H3/t9-,13?/m0/s1. The van der Waals surface area contributed by atoms with Crippen LogP contribution < -0.4 is 4.72 Å². The van der Waals surface area contributed by atoms with Crippen molar-refractivity contribution < 1.29 is 4.21 Å². The molecule has 1 unspecified atom stereocenters. The fourth-order valence-electron chi connectivity index (χ4n) is 1.01. The summed E-state index contributed by atoms with van der Waals surface area (Å²) in [5, 5.41) is 0. The van der Waals surface area contributed by atoms with Gasteiger partial charge in [0, 0.05) is 6.04 Å². The van der Waals surface area contributed by atoms with Gasteiger partial charge in [-0.05, 0) is 33.1 Å². The molecular weight excluding hydrogens is 182 g/mol. The molecule has 0 bridgehead atoms. The molecule has 0 aliphatic heterocycles. The van der Waals surface area contributed by atoms with Crippen LogP contribution in [-0.4, -0.2) is 15.0 Å². The van der Waals surface area contributed by atoms with Crippen molar-refractivity contribution in [1.82, 2.24) is 4.72 Å². The summed E-state index contributed by atoms with van der Waals surface area (Å²) in [5.41, 5.74) is 0. The van der Waals surface area contributed by atoms with Crippen LogP contribution in [0.3, 0.4) is 0 Å². The first-order valence-corrected chi connectivity index (χ1v) is 6.12. The van der Waals surface area contributed by atoms with E-state index in [1.54, 1.807) is 0 Å². The summed E-state index contributed by atoms with van der Waals surface area (Å²) in [6.07, 6.45) is 1.03. The van der Waals surface area contributed by atoms with Crippen LogP contribution in [0.4, 0.5) is 0 Å². The second-order valence-corrected chi connectivity index (χ2v) is 6.76. The third-order valence-corrected chi connectivity index (χ3v) is 3.69. The molecule has 3 heteroatoms. The van der Waals surface area contributed by atoms with E-state index in [1.165, 1.54) is 0 Å². The Morgan fingerprint density at radius 3 is 2.00 bits per heavy atom. The van der Waals surface area contributed by atoms with Gasteiger partial charge in [-0.2, -0.15) is 0 Å². The molecule has 0 fully saturated rings. The molecule has 0 aromatic heterocycles. The fourth-order valence-corrected chi connectivity index (χ4v) is 2.07. The minimum atomic E-state index is -0.938. The largest absolute Gasteiger partial charge is 0.242 e. The molecule has 0 saturated carbocycles. The molecule has 0 saturated heterocycles. The van der Waals surface area contributed by atoms with E-state index in [4.69, 9.17) is 0 Å². The Kier molecular flexibility index (Phi) is 5.15. The monoisotopic (exact) mass is 205 g/mol. The molecule has 0 amide bonds. The Morgan fingerprint density at radius 2 is 1.77 bits per heavy atom. The lowest BCUT2D eigenvalue weighted by molar-refractivity contribution is 0.445. The first-order chi connectivity index (χ1) is 5.79. The zero-order valence-corrected chi connectivity index (χ0v) is 10.5. The lowest BCUT2D eigenvalue weighted by Gasteiger charge is -2.25. The van der Waals surface area contributed by atoms with Gasteiger partial charge in [0.15, 0.2) is 0 Å². The fraction of sp³-hybridized carbons (Fsp3) is 1.00. The molecule has 1 N–H and O–H groups in total. The highest BCUT2D eigenvalue weighted by molar-refractivity contribution is 7.84. The van der Waals surface area contributed by atoms with Gasteiger partial charge in [-0.1, -0.05) is 20.8 Å². The predicted octanol–water partition coefficient (Wildman–Crippen LogP) is 2.47. The van der Waals surface area contributed by atoms with Crippen LogP contribution in [0.25, 0.3) is 0 Å². The van der Waals surface area contributed by atoms with Crippen LogP contribution in [0.15, 0.2) is 0 Å². The first kappa shape index (κ1) is 13.1. The lowest BCUT2D eigenvalue weighted by Crippen LogP contribution is -2.41. The van der Waals surface area contributed by atoms with E-state index < -0.39 is 11.0 Å². The van der Waals surface area contributed by atoms with Gasteiger partial charge in [-0.15, -0.1) is 0 Å². The summed E-state index contributed by atoms with van der Waals surface area (Å²) in [7, 11) is -0.938. The molecule has 0 aliphatic rings. The van der Waals surface area contributed by atoms with Crippen molar-refractivity contribution in [1.29, 1.82) is 0 Å². The number of nitrogens with one attached hydrogen (secondary N) is 1. The van der Waals surface area contributed by atoms with Crippen LogP contribution in [0.1, 0.15) is 48.0 Å². The zero-order chi connectivity index (χ0) is 10.6. The molecule has 2 nitrogen and oxygen atoms in total. The molecule has 0 aromatic rings. The van der Waals surface area contributed by atoms with Gasteiger partial charge in [0.25, 0.3) is 0 Å². The first-order valence-electron chi connectivity index (χ1n) is 4.97. The maximum atomic E-state index is 11.7. The number of rotatable bonds is 4. The quantitative estimate of drug-likeness (QED) is 0.750. The number of hydrogen-bond donors (Lipinski definition) is 1. The summed E-state index contributed by atoms with van der Waals surface area (Å²) in [4.78, 5) is 0. The van der Waals surface area contributed by atoms with Crippen molar-refractivity contribution in [3.05, 3.63) is 0 Å². The van der Waals surface area contributed by atoms with E-state index in [1.807, 2.05) is 20.8 Å². The Labute approximate surface area is 85.1 Å². The summed E-state index contributed by atoms with van der Waals surface area (Å²) in [6, 6.07) is 0.361. The van der Waals surface area contributed by atoms with Gasteiger partial charge in [-0.3, -0.25) is 0 Å². The van der Waals surface area contributed by atoms with Crippen LogP contribution in [0, 0.1) is 5.92 Å². The molecule has 80 valence electrons. The van der Waals surface area contributed by atoms with Gasteiger partial charge in [-0.25, -0.2) is 8.93 Å². The molecular formula is C10H23NOS. The van der Waals surface area contributed by atoms with Crippen molar-refractivity contribution >= 4 is 11.0 Å². The van der Waals surface area contributed by atoms with Gasteiger partial charge in [0.2, 0.25) is 0 Å². The SMILES string of the molecule is CC[C@H](NS(=O)C(C)(C)C)C(C)C. The third kappa shape index (κ3) is 4.77. The second kappa shape index (κ2) is 5.11. The van der Waals surface area contributed by atoms with Gasteiger partial charge >= 0.3 is 0 Å². The summed E-state index contributed by atoms with van der Waals surface area (Å²) >= 11 is 0. The highest BCUT2D eigenvalue weighted by Gasteiger charge is 2.23. The lowest BCUT2D eigenvalue weighted by atomic mass is 10.0. The van der Waals surface area contributed by atoms with E-state index in [-0.39, 0.29) is 4.75 Å². The Morgan fingerprint density at radius 1 is 1.31 bits per heavy atom. The molecule has 0 heterocycles. The van der Waals surface area contributed by atoms with Crippen LogP contribution in [0.5, 0.6) is 0 Å².